The van der Waals surface area contributed by atoms with Crippen LogP contribution in [0.15, 0.2) is 0 Å². The molecule has 0 aromatic heterocycles. The highest BCUT2D eigenvalue weighted by molar-refractivity contribution is 6.64. The molecule has 0 amide bonds. The molecule has 9 N–H and O–H groups in total. The van der Waals surface area contributed by atoms with E-state index in [-0.39, 0.29) is 0 Å². The van der Waals surface area contributed by atoms with Gasteiger partial charge in [0.2, 0.25) is 11.6 Å². The number of carbonyl (C=O) groups excluding carboxylic acids is 3. The standard InChI is InChI=1S/C10H16N4O5/c1-3(9(11,12)7(18)19)4(15)10(13,14)8(2)5(16)6(8)17/h3H,11-14H2,1-2H3,(H,18,19). The molecule has 0 bridgehead atoms. The van der Waals surface area contributed by atoms with Crippen LogP contribution in [0.4, 0.5) is 0 Å². The third kappa shape index (κ3) is 1.78. The minimum atomic E-state index is -2.40. The van der Waals surface area contributed by atoms with E-state index in [1.165, 1.54) is 0 Å². The summed E-state index contributed by atoms with van der Waals surface area (Å²) in [5, 5.41) is 8.83. The van der Waals surface area contributed by atoms with E-state index in [4.69, 9.17) is 28.0 Å². The number of Topliss-reactive ketones (excluding diaryl/α,β-unsaturated/α-hetero) is 3. The maximum absolute atomic E-state index is 12.1. The van der Waals surface area contributed by atoms with Crippen molar-refractivity contribution in [3.05, 3.63) is 0 Å². The number of carboxylic acid groups (broad SMARTS) is 1. The first-order valence-corrected chi connectivity index (χ1v) is 5.35. The Labute approximate surface area is 108 Å². The molecule has 0 spiro atoms. The molecular weight excluding hydrogens is 256 g/mol. The Kier molecular flexibility index (Phi) is 3.16. The summed E-state index contributed by atoms with van der Waals surface area (Å²) in [6.07, 6.45) is 0. The van der Waals surface area contributed by atoms with Crippen molar-refractivity contribution < 1.29 is 24.3 Å². The minimum absolute atomic E-state index is 0.881. The van der Waals surface area contributed by atoms with Crippen molar-refractivity contribution in [1.82, 2.24) is 0 Å². The lowest BCUT2D eigenvalue weighted by Gasteiger charge is -2.34. The quantitative estimate of drug-likeness (QED) is 0.193. The number of nitrogens with two attached hydrogens (primary N) is 4. The molecule has 0 aliphatic heterocycles. The molecule has 1 rings (SSSR count). The van der Waals surface area contributed by atoms with Crippen LogP contribution in [0, 0.1) is 11.3 Å². The van der Waals surface area contributed by atoms with E-state index >= 15 is 0 Å². The Morgan fingerprint density at radius 1 is 1.16 bits per heavy atom. The Bertz CT molecular complexity index is 482. The molecule has 1 atom stereocenters. The zero-order valence-corrected chi connectivity index (χ0v) is 10.5. The second kappa shape index (κ2) is 3.90. The third-order valence-corrected chi connectivity index (χ3v) is 3.77. The smallest absolute Gasteiger partial charge is 0.339 e. The molecule has 106 valence electrons. The number of ketones is 3. The summed E-state index contributed by atoms with van der Waals surface area (Å²) in [5.74, 6) is -5.96. The van der Waals surface area contributed by atoms with E-state index in [1.807, 2.05) is 0 Å². The monoisotopic (exact) mass is 272 g/mol. The third-order valence-electron chi connectivity index (χ3n) is 3.77. The zero-order chi connectivity index (χ0) is 15.4. The average molecular weight is 272 g/mol. The topological polar surface area (TPSA) is 193 Å². The van der Waals surface area contributed by atoms with Crippen LogP contribution in [0.2, 0.25) is 0 Å². The maximum Gasteiger partial charge on any atom is 0.339 e. The molecule has 1 saturated carbocycles. The molecule has 0 aromatic rings. The second-order valence-electron chi connectivity index (χ2n) is 4.98. The molecule has 19 heavy (non-hydrogen) atoms. The lowest BCUT2D eigenvalue weighted by Crippen LogP contribution is -2.71. The van der Waals surface area contributed by atoms with Crippen LogP contribution in [0.25, 0.3) is 0 Å². The fourth-order valence-corrected chi connectivity index (χ4v) is 1.70. The summed E-state index contributed by atoms with van der Waals surface area (Å²) in [7, 11) is 0. The molecule has 1 aliphatic rings. The molecule has 0 radical (unpaired) electrons. The van der Waals surface area contributed by atoms with Gasteiger partial charge >= 0.3 is 5.97 Å². The summed E-state index contributed by atoms with van der Waals surface area (Å²) in [4.78, 5) is 45.5. The van der Waals surface area contributed by atoms with Crippen LogP contribution in [-0.2, 0) is 19.2 Å². The van der Waals surface area contributed by atoms with Crippen molar-refractivity contribution in [2.75, 3.05) is 0 Å². The summed E-state index contributed by atoms with van der Waals surface area (Å²) in [6.45, 7) is 2.24. The zero-order valence-electron chi connectivity index (χ0n) is 10.5. The van der Waals surface area contributed by atoms with Crippen LogP contribution < -0.4 is 22.9 Å². The Morgan fingerprint density at radius 2 is 1.53 bits per heavy atom. The fourth-order valence-electron chi connectivity index (χ4n) is 1.70. The van der Waals surface area contributed by atoms with E-state index < -0.39 is 46.0 Å². The lowest BCUT2D eigenvalue weighted by molar-refractivity contribution is -0.150. The van der Waals surface area contributed by atoms with Gasteiger partial charge in [-0.15, -0.1) is 0 Å². The summed E-state index contributed by atoms with van der Waals surface area (Å²) < 4.78 is 0. The van der Waals surface area contributed by atoms with Crippen molar-refractivity contribution >= 4 is 23.3 Å². The molecule has 0 saturated heterocycles. The predicted octanol–water partition coefficient (Wildman–Crippen LogP) is -3.34. The highest BCUT2D eigenvalue weighted by Crippen LogP contribution is 2.44. The number of carboxylic acids is 1. The second-order valence-corrected chi connectivity index (χ2v) is 4.98. The van der Waals surface area contributed by atoms with Crippen LogP contribution in [0.5, 0.6) is 0 Å². The van der Waals surface area contributed by atoms with Crippen molar-refractivity contribution in [3.63, 3.8) is 0 Å². The fraction of sp³-hybridized carbons (Fsp3) is 0.600. The molecule has 1 aliphatic carbocycles. The van der Waals surface area contributed by atoms with Gasteiger partial charge in [0, 0.05) is 0 Å². The van der Waals surface area contributed by atoms with Crippen LogP contribution in [0.3, 0.4) is 0 Å². The number of hydrogen-bond donors (Lipinski definition) is 5. The molecule has 1 unspecified atom stereocenters. The average Bonchev–Trinajstić information content (AvgIpc) is 2.80. The summed E-state index contributed by atoms with van der Waals surface area (Å²) in [6, 6.07) is 0. The van der Waals surface area contributed by atoms with Gasteiger partial charge in [0.1, 0.15) is 11.1 Å². The van der Waals surface area contributed by atoms with Crippen molar-refractivity contribution in [3.8, 4) is 0 Å². The number of aliphatic carboxylic acids is 1. The first-order valence-electron chi connectivity index (χ1n) is 5.35. The molecule has 0 aromatic carbocycles. The predicted molar refractivity (Wildman–Crippen MR) is 62.1 cm³/mol. The van der Waals surface area contributed by atoms with Gasteiger partial charge in [-0.05, 0) is 6.92 Å². The van der Waals surface area contributed by atoms with Crippen molar-refractivity contribution in [2.24, 2.45) is 34.3 Å². The van der Waals surface area contributed by atoms with Gasteiger partial charge in [-0.1, -0.05) is 6.92 Å². The van der Waals surface area contributed by atoms with E-state index in [9.17, 15) is 19.2 Å². The first kappa shape index (κ1) is 15.4. The molecule has 1 fully saturated rings. The molecule has 9 heteroatoms. The number of carbonyl (C=O) groups is 4. The highest BCUT2D eigenvalue weighted by atomic mass is 16.4. The largest absolute Gasteiger partial charge is 0.479 e. The first-order chi connectivity index (χ1) is 8.32. The molecule has 9 nitrogen and oxygen atoms in total. The van der Waals surface area contributed by atoms with Crippen LogP contribution >= 0.6 is 0 Å². The highest BCUT2D eigenvalue weighted by Gasteiger charge is 2.73. The number of rotatable bonds is 5. The minimum Gasteiger partial charge on any atom is -0.479 e. The van der Waals surface area contributed by atoms with Gasteiger partial charge in [-0.25, -0.2) is 4.79 Å². The van der Waals surface area contributed by atoms with Gasteiger partial charge in [0.15, 0.2) is 11.4 Å². The van der Waals surface area contributed by atoms with Gasteiger partial charge in [-0.2, -0.15) is 0 Å². The Morgan fingerprint density at radius 3 is 1.79 bits per heavy atom. The molecular formula is C10H16N4O5. The van der Waals surface area contributed by atoms with E-state index in [1.54, 1.807) is 0 Å². The maximum atomic E-state index is 12.1. The Hall–Kier alpha value is -1.68. The molecule has 0 heterocycles. The Balaban J connectivity index is 3.11. The van der Waals surface area contributed by atoms with Gasteiger partial charge < -0.3 is 28.0 Å². The van der Waals surface area contributed by atoms with Crippen LogP contribution in [-0.4, -0.2) is 39.8 Å². The van der Waals surface area contributed by atoms with Crippen molar-refractivity contribution in [1.29, 1.82) is 0 Å². The van der Waals surface area contributed by atoms with E-state index in [0.717, 1.165) is 13.8 Å². The SMILES string of the molecule is CC(C(=O)C(N)(N)C1(C)C(=O)C1=O)C(N)(N)C(=O)O. The van der Waals surface area contributed by atoms with E-state index in [0.29, 0.717) is 0 Å². The number of hydrogen-bond acceptors (Lipinski definition) is 8. The van der Waals surface area contributed by atoms with Gasteiger partial charge in [0.05, 0.1) is 5.92 Å². The normalized spacial score (nSPS) is 20.1. The summed E-state index contributed by atoms with van der Waals surface area (Å²) in [5.41, 5.74) is 15.1. The summed E-state index contributed by atoms with van der Waals surface area (Å²) >= 11 is 0. The lowest BCUT2D eigenvalue weighted by atomic mass is 9.78. The van der Waals surface area contributed by atoms with Crippen molar-refractivity contribution in [2.45, 2.75) is 25.2 Å². The van der Waals surface area contributed by atoms with E-state index in [2.05, 4.69) is 0 Å². The van der Waals surface area contributed by atoms with Crippen LogP contribution in [0.1, 0.15) is 13.8 Å². The van der Waals surface area contributed by atoms with Gasteiger partial charge in [-0.3, -0.25) is 14.4 Å². The van der Waals surface area contributed by atoms with Gasteiger partial charge in [0.25, 0.3) is 0 Å².